The highest BCUT2D eigenvalue weighted by atomic mass is 16.6. The van der Waals surface area contributed by atoms with Crippen molar-refractivity contribution < 1.29 is 28.6 Å². The number of alkyl carbamates (subject to hydrolysis) is 1. The molecule has 0 fully saturated rings. The summed E-state index contributed by atoms with van der Waals surface area (Å²) in [6.07, 6.45) is 2.87. The number of amides is 2. The average molecular weight is 505 g/mol. The predicted molar refractivity (Wildman–Crippen MR) is 139 cm³/mol. The van der Waals surface area contributed by atoms with E-state index in [1.807, 2.05) is 12.1 Å². The van der Waals surface area contributed by atoms with Crippen molar-refractivity contribution in [1.29, 1.82) is 0 Å². The van der Waals surface area contributed by atoms with Crippen LogP contribution in [0.5, 0.6) is 5.75 Å². The molecule has 36 heavy (non-hydrogen) atoms. The van der Waals surface area contributed by atoms with Crippen molar-refractivity contribution in [3.8, 4) is 5.75 Å². The lowest BCUT2D eigenvalue weighted by Gasteiger charge is -2.33. The summed E-state index contributed by atoms with van der Waals surface area (Å²) in [5, 5.41) is 2.59. The van der Waals surface area contributed by atoms with Crippen LogP contribution in [0.25, 0.3) is 0 Å². The number of hydrogen-bond donors (Lipinski definition) is 1. The number of rotatable bonds is 9. The van der Waals surface area contributed by atoms with E-state index in [4.69, 9.17) is 14.2 Å². The van der Waals surface area contributed by atoms with Gasteiger partial charge in [-0.1, -0.05) is 26.3 Å². The highest BCUT2D eigenvalue weighted by Gasteiger charge is 2.33. The maximum atomic E-state index is 13.5. The third kappa shape index (κ3) is 9.70. The molecule has 2 amide bonds. The number of fused-ring (bicyclic) bond motifs is 1. The Bertz CT molecular complexity index is 886. The first kappa shape index (κ1) is 29.5. The van der Waals surface area contributed by atoms with Crippen LogP contribution in [-0.2, 0) is 32.0 Å². The van der Waals surface area contributed by atoms with E-state index in [1.54, 1.807) is 46.4 Å². The van der Waals surface area contributed by atoms with Gasteiger partial charge in [0, 0.05) is 13.1 Å². The number of carbonyl (C=O) groups is 3. The van der Waals surface area contributed by atoms with E-state index < -0.39 is 29.3 Å². The lowest BCUT2D eigenvalue weighted by atomic mass is 9.98. The number of nitrogens with one attached hydrogen (secondary N) is 1. The molecule has 8 heteroatoms. The van der Waals surface area contributed by atoms with Crippen LogP contribution in [0.15, 0.2) is 18.2 Å². The summed E-state index contributed by atoms with van der Waals surface area (Å²) in [7, 11) is 0. The van der Waals surface area contributed by atoms with Gasteiger partial charge >= 0.3 is 12.1 Å². The minimum atomic E-state index is -1.08. The Labute approximate surface area is 216 Å². The standard InChI is InChI=1S/C28H44N2O6/c1-9-11-21(10-2)34-22-13-12-20-18-30(15-14-19(20)16-22)25(32)23(17-24(31)35-27(3,4)5)29-26(33)36-28(6,7)8/h12-13,16,21,23H,9-11,14-15,17-18H2,1-8H3,(H,29,33). The van der Waals surface area contributed by atoms with Gasteiger partial charge in [-0.05, 0) is 84.1 Å². The Morgan fingerprint density at radius 2 is 1.67 bits per heavy atom. The molecule has 1 aromatic carbocycles. The molecule has 2 rings (SSSR count). The Balaban J connectivity index is 2.14. The van der Waals surface area contributed by atoms with Crippen LogP contribution in [0.2, 0.25) is 0 Å². The van der Waals surface area contributed by atoms with Crippen molar-refractivity contribution in [3.63, 3.8) is 0 Å². The lowest BCUT2D eigenvalue weighted by molar-refractivity contribution is -0.157. The molecule has 1 N–H and O–H groups in total. The Kier molecular flexibility index (Phi) is 10.2. The largest absolute Gasteiger partial charge is 0.490 e. The minimum absolute atomic E-state index is 0.197. The second kappa shape index (κ2) is 12.5. The lowest BCUT2D eigenvalue weighted by Crippen LogP contribution is -2.52. The molecule has 0 aliphatic carbocycles. The SMILES string of the molecule is CCCC(CC)Oc1ccc2c(c1)CCN(C(=O)C(CC(=O)OC(C)(C)C)NC(=O)OC(C)(C)C)C2. The summed E-state index contributed by atoms with van der Waals surface area (Å²) in [5.74, 6) is -0.0522. The fraction of sp³-hybridized carbons (Fsp3) is 0.679. The van der Waals surface area contributed by atoms with Gasteiger partial charge in [-0.3, -0.25) is 9.59 Å². The van der Waals surface area contributed by atoms with Gasteiger partial charge < -0.3 is 24.4 Å². The maximum Gasteiger partial charge on any atom is 0.408 e. The van der Waals surface area contributed by atoms with E-state index in [0.29, 0.717) is 19.5 Å². The van der Waals surface area contributed by atoms with Crippen LogP contribution < -0.4 is 10.1 Å². The smallest absolute Gasteiger partial charge is 0.408 e. The first-order valence-corrected chi connectivity index (χ1v) is 13.0. The number of hydrogen-bond acceptors (Lipinski definition) is 6. The predicted octanol–water partition coefficient (Wildman–Crippen LogP) is 5.15. The van der Waals surface area contributed by atoms with Crippen molar-refractivity contribution in [2.75, 3.05) is 6.54 Å². The number of nitrogens with zero attached hydrogens (tertiary/aromatic N) is 1. The quantitative estimate of drug-likeness (QED) is 0.467. The number of ether oxygens (including phenoxy) is 3. The molecule has 1 aliphatic heterocycles. The zero-order valence-corrected chi connectivity index (χ0v) is 23.2. The minimum Gasteiger partial charge on any atom is -0.490 e. The molecule has 2 atom stereocenters. The van der Waals surface area contributed by atoms with E-state index in [2.05, 4.69) is 25.2 Å². The molecule has 0 bridgehead atoms. The molecule has 202 valence electrons. The van der Waals surface area contributed by atoms with Gasteiger partial charge in [0.1, 0.15) is 23.0 Å². The van der Waals surface area contributed by atoms with Crippen LogP contribution in [0.1, 0.15) is 92.2 Å². The molecule has 0 spiro atoms. The molecule has 2 unspecified atom stereocenters. The monoisotopic (exact) mass is 504 g/mol. The summed E-state index contributed by atoms with van der Waals surface area (Å²) in [4.78, 5) is 40.1. The molecule has 0 radical (unpaired) electrons. The van der Waals surface area contributed by atoms with Gasteiger partial charge in [-0.15, -0.1) is 0 Å². The summed E-state index contributed by atoms with van der Waals surface area (Å²) >= 11 is 0. The van der Waals surface area contributed by atoms with Crippen LogP contribution in [0.3, 0.4) is 0 Å². The molecule has 8 nitrogen and oxygen atoms in total. The van der Waals surface area contributed by atoms with Crippen molar-refractivity contribution in [3.05, 3.63) is 29.3 Å². The van der Waals surface area contributed by atoms with E-state index in [9.17, 15) is 14.4 Å². The Morgan fingerprint density at radius 3 is 2.25 bits per heavy atom. The van der Waals surface area contributed by atoms with Gasteiger partial charge in [0.2, 0.25) is 5.91 Å². The summed E-state index contributed by atoms with van der Waals surface area (Å²) < 4.78 is 16.9. The van der Waals surface area contributed by atoms with Gasteiger partial charge in [0.05, 0.1) is 12.5 Å². The van der Waals surface area contributed by atoms with Crippen LogP contribution >= 0.6 is 0 Å². The molecule has 1 aromatic rings. The maximum absolute atomic E-state index is 13.5. The second-order valence-electron chi connectivity index (χ2n) is 11.4. The van der Waals surface area contributed by atoms with Crippen molar-refractivity contribution in [2.24, 2.45) is 0 Å². The molecule has 0 aromatic heterocycles. The molecule has 0 saturated heterocycles. The van der Waals surface area contributed by atoms with Gasteiger partial charge in [0.25, 0.3) is 0 Å². The second-order valence-corrected chi connectivity index (χ2v) is 11.4. The Hall–Kier alpha value is -2.77. The summed E-state index contributed by atoms with van der Waals surface area (Å²) in [6.45, 7) is 15.6. The van der Waals surface area contributed by atoms with Crippen LogP contribution in [0.4, 0.5) is 4.79 Å². The van der Waals surface area contributed by atoms with Crippen molar-refractivity contribution >= 4 is 18.0 Å². The number of carbonyl (C=O) groups excluding carboxylic acids is 3. The van der Waals surface area contributed by atoms with E-state index >= 15 is 0 Å². The van der Waals surface area contributed by atoms with Crippen LogP contribution in [0, 0.1) is 0 Å². The first-order chi connectivity index (χ1) is 16.7. The van der Waals surface area contributed by atoms with Crippen molar-refractivity contribution in [2.45, 2.75) is 117 Å². The number of esters is 1. The third-order valence-electron chi connectivity index (χ3n) is 5.65. The fourth-order valence-electron chi connectivity index (χ4n) is 4.07. The zero-order valence-electron chi connectivity index (χ0n) is 23.2. The van der Waals surface area contributed by atoms with Crippen molar-refractivity contribution in [1.82, 2.24) is 10.2 Å². The summed E-state index contributed by atoms with van der Waals surface area (Å²) in [5.41, 5.74) is 0.737. The Morgan fingerprint density at radius 1 is 1.00 bits per heavy atom. The molecular weight excluding hydrogens is 460 g/mol. The topological polar surface area (TPSA) is 94.2 Å². The third-order valence-corrected chi connectivity index (χ3v) is 5.65. The van der Waals surface area contributed by atoms with E-state index in [1.165, 1.54) is 0 Å². The van der Waals surface area contributed by atoms with Crippen LogP contribution in [-0.4, -0.2) is 52.8 Å². The first-order valence-electron chi connectivity index (χ1n) is 13.0. The normalized spacial score (nSPS) is 15.4. The van der Waals surface area contributed by atoms with Gasteiger partial charge in [-0.25, -0.2) is 4.79 Å². The molecule has 0 saturated carbocycles. The highest BCUT2D eigenvalue weighted by molar-refractivity contribution is 5.90. The average Bonchev–Trinajstić information content (AvgIpc) is 2.74. The molecular formula is C28H44N2O6. The molecule has 1 aliphatic rings. The zero-order chi connectivity index (χ0) is 27.1. The van der Waals surface area contributed by atoms with E-state index in [-0.39, 0.29) is 18.4 Å². The number of benzene rings is 1. The van der Waals surface area contributed by atoms with Gasteiger partial charge in [0.15, 0.2) is 0 Å². The molecule has 1 heterocycles. The van der Waals surface area contributed by atoms with E-state index in [0.717, 1.165) is 36.1 Å². The van der Waals surface area contributed by atoms with Gasteiger partial charge in [-0.2, -0.15) is 0 Å². The fourth-order valence-corrected chi connectivity index (χ4v) is 4.07. The summed E-state index contributed by atoms with van der Waals surface area (Å²) in [6, 6.07) is 4.92. The highest BCUT2D eigenvalue weighted by Crippen LogP contribution is 2.26.